The molecule has 1 unspecified atom stereocenters. The van der Waals surface area contributed by atoms with E-state index in [1.165, 1.54) is 11.8 Å². The summed E-state index contributed by atoms with van der Waals surface area (Å²) in [5.41, 5.74) is 0.976. The third kappa shape index (κ3) is 2.94. The predicted octanol–water partition coefficient (Wildman–Crippen LogP) is 3.46. The van der Waals surface area contributed by atoms with Crippen molar-refractivity contribution in [1.82, 2.24) is 5.32 Å². The van der Waals surface area contributed by atoms with E-state index in [1.807, 2.05) is 53.9 Å². The number of nitriles is 1. The first-order valence-electron chi connectivity index (χ1n) is 6.25. The number of hydrogen-bond acceptors (Lipinski definition) is 5. The molecule has 4 nitrogen and oxygen atoms in total. The van der Waals surface area contributed by atoms with Crippen molar-refractivity contribution in [3.63, 3.8) is 0 Å². The molecule has 2 aromatic rings. The normalized spacial score (nSPS) is 18.0. The number of para-hydroxylation sites is 1. The van der Waals surface area contributed by atoms with Crippen molar-refractivity contribution in [2.75, 3.05) is 5.32 Å². The molecule has 2 N–H and O–H groups in total. The molecule has 0 aliphatic carbocycles. The number of thioether (sulfide) groups is 1. The topological polar surface area (TPSA) is 64.9 Å². The lowest BCUT2D eigenvalue weighted by molar-refractivity contribution is -0.117. The molecule has 104 valence electrons. The van der Waals surface area contributed by atoms with E-state index < -0.39 is 0 Å². The van der Waals surface area contributed by atoms with Crippen molar-refractivity contribution < 1.29 is 4.79 Å². The molecule has 1 aliphatic heterocycles. The van der Waals surface area contributed by atoms with Crippen LogP contribution in [0.2, 0.25) is 0 Å². The number of benzene rings is 1. The largest absolute Gasteiger partial charge is 0.349 e. The standard InChI is InChI=1S/C15H11N3OS2/c16-9-11-13(19)18-15(12-7-4-8-20-12)21-14(11)17-10-5-2-1-3-6-10/h1-8,15,17H,(H,18,19). The highest BCUT2D eigenvalue weighted by Crippen LogP contribution is 2.39. The summed E-state index contributed by atoms with van der Waals surface area (Å²) in [5.74, 6) is -0.340. The molecule has 6 heteroatoms. The molecule has 0 saturated heterocycles. The maximum absolute atomic E-state index is 12.1. The first-order valence-corrected chi connectivity index (χ1v) is 8.01. The zero-order valence-corrected chi connectivity index (χ0v) is 12.5. The third-order valence-electron chi connectivity index (χ3n) is 2.90. The lowest BCUT2D eigenvalue weighted by Crippen LogP contribution is -2.32. The lowest BCUT2D eigenvalue weighted by atomic mass is 10.2. The van der Waals surface area contributed by atoms with Crippen molar-refractivity contribution in [3.05, 3.63) is 63.3 Å². The van der Waals surface area contributed by atoms with Gasteiger partial charge in [-0.3, -0.25) is 4.79 Å². The van der Waals surface area contributed by atoms with Gasteiger partial charge in [0.15, 0.2) is 0 Å². The van der Waals surface area contributed by atoms with Crippen LogP contribution in [0.25, 0.3) is 0 Å². The fourth-order valence-corrected chi connectivity index (χ4v) is 3.91. The van der Waals surface area contributed by atoms with E-state index in [1.54, 1.807) is 11.3 Å². The van der Waals surface area contributed by atoms with Gasteiger partial charge < -0.3 is 10.6 Å². The molecule has 1 atom stereocenters. The summed E-state index contributed by atoms with van der Waals surface area (Å²) in [7, 11) is 0. The summed E-state index contributed by atoms with van der Waals surface area (Å²) >= 11 is 3.02. The van der Waals surface area contributed by atoms with Gasteiger partial charge >= 0.3 is 0 Å². The summed E-state index contributed by atoms with van der Waals surface area (Å²) < 4.78 is 0. The molecular formula is C15H11N3OS2. The van der Waals surface area contributed by atoms with Gasteiger partial charge in [0.2, 0.25) is 0 Å². The lowest BCUT2D eigenvalue weighted by Gasteiger charge is -2.25. The highest BCUT2D eigenvalue weighted by Gasteiger charge is 2.29. The first-order chi connectivity index (χ1) is 10.3. The van der Waals surface area contributed by atoms with Crippen molar-refractivity contribution in [3.8, 4) is 6.07 Å². The van der Waals surface area contributed by atoms with Crippen molar-refractivity contribution in [1.29, 1.82) is 5.26 Å². The molecular weight excluding hydrogens is 302 g/mol. The molecule has 3 rings (SSSR count). The molecule has 21 heavy (non-hydrogen) atoms. The Bertz CT molecular complexity index is 717. The number of carbonyl (C=O) groups is 1. The number of nitrogens with one attached hydrogen (secondary N) is 2. The van der Waals surface area contributed by atoms with Crippen molar-refractivity contribution in [2.45, 2.75) is 5.37 Å². The number of anilines is 1. The van der Waals surface area contributed by atoms with Crippen LogP contribution in [0.3, 0.4) is 0 Å². The number of amides is 1. The molecule has 2 heterocycles. The Morgan fingerprint density at radius 1 is 1.19 bits per heavy atom. The Labute approximate surface area is 130 Å². The number of nitrogens with zero attached hydrogens (tertiary/aromatic N) is 1. The first kappa shape index (κ1) is 13.7. The SMILES string of the molecule is N#CC1=C(Nc2ccccc2)SC(c2cccs2)NC1=O. The average Bonchev–Trinajstić information content (AvgIpc) is 3.02. The molecule has 0 spiro atoms. The Kier molecular flexibility index (Phi) is 3.95. The van der Waals surface area contributed by atoms with Crippen molar-refractivity contribution >= 4 is 34.7 Å². The summed E-state index contributed by atoms with van der Waals surface area (Å²) in [6.45, 7) is 0. The third-order valence-corrected chi connectivity index (χ3v) is 5.13. The average molecular weight is 313 g/mol. The van der Waals surface area contributed by atoms with E-state index in [2.05, 4.69) is 10.6 Å². The van der Waals surface area contributed by atoms with Crippen LogP contribution in [0.15, 0.2) is 58.4 Å². The van der Waals surface area contributed by atoms with Crippen LogP contribution in [0.1, 0.15) is 10.3 Å². The predicted molar refractivity (Wildman–Crippen MR) is 85.5 cm³/mol. The van der Waals surface area contributed by atoms with Crippen LogP contribution in [0, 0.1) is 11.3 Å². The summed E-state index contributed by atoms with van der Waals surface area (Å²) in [4.78, 5) is 13.1. The highest BCUT2D eigenvalue weighted by atomic mass is 32.2. The number of rotatable bonds is 3. The molecule has 1 amide bonds. The quantitative estimate of drug-likeness (QED) is 0.911. The van der Waals surface area contributed by atoms with Crippen LogP contribution in [-0.2, 0) is 4.79 Å². The van der Waals surface area contributed by atoms with E-state index in [-0.39, 0.29) is 16.9 Å². The van der Waals surface area contributed by atoms with Crippen LogP contribution in [0.4, 0.5) is 5.69 Å². The number of thiophene rings is 1. The monoisotopic (exact) mass is 313 g/mol. The molecule has 0 saturated carbocycles. The number of hydrogen-bond donors (Lipinski definition) is 2. The van der Waals surface area contributed by atoms with Gasteiger partial charge in [0.25, 0.3) is 5.91 Å². The van der Waals surface area contributed by atoms with Gasteiger partial charge in [0, 0.05) is 10.6 Å². The second-order valence-electron chi connectivity index (χ2n) is 4.29. The minimum atomic E-state index is -0.340. The van der Waals surface area contributed by atoms with Crippen LogP contribution < -0.4 is 10.6 Å². The second kappa shape index (κ2) is 6.04. The molecule has 1 aromatic heterocycles. The molecule has 0 radical (unpaired) electrons. The molecule has 1 aliphatic rings. The Morgan fingerprint density at radius 2 is 2.00 bits per heavy atom. The van der Waals surface area contributed by atoms with Crippen LogP contribution in [0.5, 0.6) is 0 Å². The minimum absolute atomic E-state index is 0.122. The fourth-order valence-electron chi connectivity index (χ4n) is 1.92. The van der Waals surface area contributed by atoms with Gasteiger partial charge in [-0.2, -0.15) is 5.26 Å². The Morgan fingerprint density at radius 3 is 2.67 bits per heavy atom. The smallest absolute Gasteiger partial charge is 0.265 e. The molecule has 1 aromatic carbocycles. The van der Waals surface area contributed by atoms with Gasteiger partial charge in [-0.15, -0.1) is 11.3 Å². The molecule has 0 bridgehead atoms. The Hall–Kier alpha value is -2.23. The molecule has 0 fully saturated rings. The second-order valence-corrected chi connectivity index (χ2v) is 6.39. The summed E-state index contributed by atoms with van der Waals surface area (Å²) in [6.07, 6.45) is 0. The van der Waals surface area contributed by atoms with Gasteiger partial charge in [0.05, 0.1) is 5.03 Å². The minimum Gasteiger partial charge on any atom is -0.349 e. The zero-order chi connectivity index (χ0) is 14.7. The highest BCUT2D eigenvalue weighted by molar-refractivity contribution is 8.03. The van der Waals surface area contributed by atoms with Gasteiger partial charge in [-0.05, 0) is 23.6 Å². The number of carbonyl (C=O) groups excluding carboxylic acids is 1. The maximum atomic E-state index is 12.1. The van der Waals surface area contributed by atoms with Gasteiger partial charge in [-0.1, -0.05) is 36.0 Å². The van der Waals surface area contributed by atoms with Gasteiger partial charge in [-0.25, -0.2) is 0 Å². The maximum Gasteiger partial charge on any atom is 0.265 e. The summed E-state index contributed by atoms with van der Waals surface area (Å²) in [6, 6.07) is 15.4. The van der Waals surface area contributed by atoms with E-state index in [0.717, 1.165) is 10.6 Å². The van der Waals surface area contributed by atoms with E-state index >= 15 is 0 Å². The summed E-state index contributed by atoms with van der Waals surface area (Å²) in [5, 5.41) is 17.6. The zero-order valence-electron chi connectivity index (χ0n) is 10.9. The Balaban J connectivity index is 1.91. The van der Waals surface area contributed by atoms with E-state index in [0.29, 0.717) is 5.03 Å². The fraction of sp³-hybridized carbons (Fsp3) is 0.0667. The van der Waals surface area contributed by atoms with E-state index in [9.17, 15) is 10.1 Å². The van der Waals surface area contributed by atoms with E-state index in [4.69, 9.17) is 0 Å². The van der Waals surface area contributed by atoms with Crippen molar-refractivity contribution in [2.24, 2.45) is 0 Å². The van der Waals surface area contributed by atoms with Crippen LogP contribution in [-0.4, -0.2) is 5.91 Å². The van der Waals surface area contributed by atoms with Crippen LogP contribution >= 0.6 is 23.1 Å². The van der Waals surface area contributed by atoms with Gasteiger partial charge in [0.1, 0.15) is 17.0 Å².